The summed E-state index contributed by atoms with van der Waals surface area (Å²) in [6.45, 7) is 3.67. The second kappa shape index (κ2) is 9.35. The number of likely N-dealkylation sites (N-methyl/N-ethyl adjacent to an activating group) is 1. The summed E-state index contributed by atoms with van der Waals surface area (Å²) in [5, 5.41) is 0.808. The van der Waals surface area contributed by atoms with Gasteiger partial charge in [0.2, 0.25) is 5.91 Å². The molecule has 0 bridgehead atoms. The number of quaternary nitrogens is 1. The number of thioether (sulfide) groups is 1. The lowest BCUT2D eigenvalue weighted by molar-refractivity contribution is -0.856. The van der Waals surface area contributed by atoms with Crippen LogP contribution in [-0.2, 0) is 4.79 Å². The third-order valence-corrected chi connectivity index (χ3v) is 6.33. The Kier molecular flexibility index (Phi) is 6.88. The van der Waals surface area contributed by atoms with E-state index in [9.17, 15) is 4.79 Å². The first kappa shape index (κ1) is 19.9. The molecule has 1 N–H and O–H groups in total. The van der Waals surface area contributed by atoms with E-state index >= 15 is 0 Å². The average Bonchev–Trinajstić information content (AvgIpc) is 3.07. The molecule has 1 amide bonds. The number of hydrogen-bond acceptors (Lipinski definition) is 4. The Morgan fingerprint density at radius 1 is 1.15 bits per heavy atom. The zero-order chi connectivity index (χ0) is 19.2. The predicted octanol–water partition coefficient (Wildman–Crippen LogP) is 3.26. The van der Waals surface area contributed by atoms with E-state index in [4.69, 9.17) is 4.98 Å². The van der Waals surface area contributed by atoms with E-state index in [-0.39, 0.29) is 5.91 Å². The number of rotatable bonds is 8. The number of para-hydroxylation sites is 1. The SMILES string of the molecule is Cc1ccc(SCCC(=O)N(CC[NH+](C)C)c2nc3ccccc3s2)cc1. The summed E-state index contributed by atoms with van der Waals surface area (Å²) in [5.74, 6) is 0.924. The van der Waals surface area contributed by atoms with Gasteiger partial charge in [0.05, 0.1) is 37.4 Å². The third-order valence-electron chi connectivity index (χ3n) is 4.26. The van der Waals surface area contributed by atoms with E-state index in [1.165, 1.54) is 15.4 Å². The van der Waals surface area contributed by atoms with Crippen LogP contribution < -0.4 is 9.80 Å². The molecule has 0 radical (unpaired) electrons. The van der Waals surface area contributed by atoms with Gasteiger partial charge >= 0.3 is 0 Å². The lowest BCUT2D eigenvalue weighted by Crippen LogP contribution is -3.06. The Labute approximate surface area is 169 Å². The first-order valence-electron chi connectivity index (χ1n) is 9.17. The summed E-state index contributed by atoms with van der Waals surface area (Å²) in [7, 11) is 4.21. The second-order valence-electron chi connectivity index (χ2n) is 6.88. The highest BCUT2D eigenvalue weighted by Gasteiger charge is 2.20. The van der Waals surface area contributed by atoms with Gasteiger partial charge in [-0.25, -0.2) is 4.98 Å². The van der Waals surface area contributed by atoms with Gasteiger partial charge in [-0.1, -0.05) is 41.2 Å². The Morgan fingerprint density at radius 3 is 2.59 bits per heavy atom. The average molecular weight is 401 g/mol. The molecule has 1 heterocycles. The van der Waals surface area contributed by atoms with Crippen LogP contribution in [0.5, 0.6) is 0 Å². The minimum absolute atomic E-state index is 0.148. The van der Waals surface area contributed by atoms with Gasteiger partial charge in [-0.15, -0.1) is 11.8 Å². The van der Waals surface area contributed by atoms with Crippen LogP contribution in [0.3, 0.4) is 0 Å². The molecular formula is C21H26N3OS2+. The van der Waals surface area contributed by atoms with Gasteiger partial charge in [0.25, 0.3) is 0 Å². The number of nitrogens with one attached hydrogen (secondary N) is 1. The summed E-state index contributed by atoms with van der Waals surface area (Å²) in [5.41, 5.74) is 2.21. The van der Waals surface area contributed by atoms with Gasteiger partial charge in [0.15, 0.2) is 5.13 Å². The molecule has 0 saturated carbocycles. The topological polar surface area (TPSA) is 37.6 Å². The van der Waals surface area contributed by atoms with Gasteiger partial charge in [0.1, 0.15) is 0 Å². The zero-order valence-corrected chi connectivity index (χ0v) is 17.7. The first-order valence-corrected chi connectivity index (χ1v) is 11.0. The number of hydrogen-bond donors (Lipinski definition) is 1. The predicted molar refractivity (Wildman–Crippen MR) is 116 cm³/mol. The lowest BCUT2D eigenvalue weighted by atomic mass is 10.2. The standard InChI is InChI=1S/C21H25N3OS2/c1-16-8-10-17(11-9-16)26-15-12-20(25)24(14-13-23(2)3)21-22-18-6-4-5-7-19(18)27-21/h4-11H,12-15H2,1-3H3/p+1. The van der Waals surface area contributed by atoms with Crippen molar-refractivity contribution in [2.24, 2.45) is 0 Å². The summed E-state index contributed by atoms with van der Waals surface area (Å²) in [4.78, 5) is 22.0. The van der Waals surface area contributed by atoms with Crippen LogP contribution >= 0.6 is 23.1 Å². The van der Waals surface area contributed by atoms with E-state index in [0.717, 1.165) is 27.6 Å². The highest BCUT2D eigenvalue weighted by Crippen LogP contribution is 2.29. The maximum Gasteiger partial charge on any atom is 0.229 e. The Bertz CT molecular complexity index is 857. The maximum atomic E-state index is 12.9. The minimum atomic E-state index is 0.148. The highest BCUT2D eigenvalue weighted by atomic mass is 32.2. The number of carbonyl (C=O) groups excluding carboxylic acids is 1. The van der Waals surface area contributed by atoms with Crippen molar-refractivity contribution in [3.05, 3.63) is 54.1 Å². The van der Waals surface area contributed by atoms with Crippen molar-refractivity contribution >= 4 is 44.4 Å². The molecule has 0 unspecified atom stereocenters. The van der Waals surface area contributed by atoms with Crippen LogP contribution in [0.2, 0.25) is 0 Å². The van der Waals surface area contributed by atoms with Crippen LogP contribution in [0, 0.1) is 6.92 Å². The lowest BCUT2D eigenvalue weighted by Gasteiger charge is -2.20. The van der Waals surface area contributed by atoms with E-state index in [1.807, 2.05) is 23.1 Å². The fourth-order valence-corrected chi connectivity index (χ4v) is 4.51. The molecule has 142 valence electrons. The second-order valence-corrected chi connectivity index (χ2v) is 9.06. The van der Waals surface area contributed by atoms with E-state index < -0.39 is 0 Å². The first-order chi connectivity index (χ1) is 13.0. The van der Waals surface area contributed by atoms with Crippen molar-refractivity contribution < 1.29 is 9.69 Å². The van der Waals surface area contributed by atoms with Gasteiger partial charge in [-0.3, -0.25) is 9.69 Å². The van der Waals surface area contributed by atoms with Crippen LogP contribution in [0.15, 0.2) is 53.4 Å². The fraction of sp³-hybridized carbons (Fsp3) is 0.333. The Balaban J connectivity index is 1.67. The van der Waals surface area contributed by atoms with Crippen LogP contribution in [0.4, 0.5) is 5.13 Å². The quantitative estimate of drug-likeness (QED) is 0.590. The normalized spacial score (nSPS) is 11.3. The number of benzene rings is 2. The molecule has 6 heteroatoms. The third kappa shape index (κ3) is 5.54. The minimum Gasteiger partial charge on any atom is -0.338 e. The molecule has 0 fully saturated rings. The molecule has 4 nitrogen and oxygen atoms in total. The Hall–Kier alpha value is -1.89. The molecule has 3 aromatic rings. The highest BCUT2D eigenvalue weighted by molar-refractivity contribution is 7.99. The summed E-state index contributed by atoms with van der Waals surface area (Å²) >= 11 is 3.32. The van der Waals surface area contributed by atoms with E-state index in [1.54, 1.807) is 23.1 Å². The number of anilines is 1. The van der Waals surface area contributed by atoms with Crippen LogP contribution in [0.1, 0.15) is 12.0 Å². The molecule has 0 aliphatic rings. The number of aromatic nitrogens is 1. The van der Waals surface area contributed by atoms with E-state index in [2.05, 4.69) is 51.4 Å². The summed E-state index contributed by atoms with van der Waals surface area (Å²) in [6.07, 6.45) is 0.511. The number of nitrogens with zero attached hydrogens (tertiary/aromatic N) is 2. The summed E-state index contributed by atoms with van der Waals surface area (Å²) < 4.78 is 1.12. The molecule has 0 saturated heterocycles. The van der Waals surface area contributed by atoms with Crippen molar-refractivity contribution in [1.29, 1.82) is 0 Å². The van der Waals surface area contributed by atoms with Crippen molar-refractivity contribution in [1.82, 2.24) is 4.98 Å². The molecular weight excluding hydrogens is 374 g/mol. The fourth-order valence-electron chi connectivity index (χ4n) is 2.66. The van der Waals surface area contributed by atoms with Crippen molar-refractivity contribution in [3.8, 4) is 0 Å². The molecule has 0 aliphatic heterocycles. The molecule has 3 rings (SSSR count). The van der Waals surface area contributed by atoms with Crippen molar-refractivity contribution in [3.63, 3.8) is 0 Å². The number of thiazole rings is 1. The van der Waals surface area contributed by atoms with Gasteiger partial charge in [0, 0.05) is 17.1 Å². The zero-order valence-electron chi connectivity index (χ0n) is 16.1. The number of aryl methyl sites for hydroxylation is 1. The largest absolute Gasteiger partial charge is 0.338 e. The van der Waals surface area contributed by atoms with Crippen LogP contribution in [0.25, 0.3) is 10.2 Å². The van der Waals surface area contributed by atoms with Gasteiger partial charge in [-0.2, -0.15) is 0 Å². The number of carbonyl (C=O) groups is 1. The molecule has 0 spiro atoms. The van der Waals surface area contributed by atoms with Gasteiger partial charge < -0.3 is 4.90 Å². The van der Waals surface area contributed by atoms with E-state index in [0.29, 0.717) is 13.0 Å². The number of amides is 1. The molecule has 0 aliphatic carbocycles. The van der Waals surface area contributed by atoms with Crippen molar-refractivity contribution in [2.45, 2.75) is 18.2 Å². The smallest absolute Gasteiger partial charge is 0.229 e. The molecule has 1 aromatic heterocycles. The molecule has 0 atom stereocenters. The summed E-state index contributed by atoms with van der Waals surface area (Å²) in [6, 6.07) is 16.5. The number of fused-ring (bicyclic) bond motifs is 1. The molecule has 2 aromatic carbocycles. The maximum absolute atomic E-state index is 12.9. The van der Waals surface area contributed by atoms with Crippen LogP contribution in [-0.4, -0.2) is 43.8 Å². The van der Waals surface area contributed by atoms with Gasteiger partial charge in [-0.05, 0) is 31.2 Å². The molecule has 27 heavy (non-hydrogen) atoms. The Morgan fingerprint density at radius 2 is 1.89 bits per heavy atom. The van der Waals surface area contributed by atoms with Crippen molar-refractivity contribution in [2.75, 3.05) is 37.8 Å². The monoisotopic (exact) mass is 400 g/mol.